The van der Waals surface area contributed by atoms with Crippen LogP contribution in [0.5, 0.6) is 23.0 Å². The minimum Gasteiger partial charge on any atom is -0.497 e. The van der Waals surface area contributed by atoms with Crippen LogP contribution in [-0.4, -0.2) is 70.8 Å². The van der Waals surface area contributed by atoms with Gasteiger partial charge in [-0.1, -0.05) is 49.7 Å². The molecule has 0 bridgehead atoms. The van der Waals surface area contributed by atoms with E-state index in [1.807, 2.05) is 54.6 Å². The van der Waals surface area contributed by atoms with Gasteiger partial charge in [-0.2, -0.15) is 0 Å². The van der Waals surface area contributed by atoms with Crippen molar-refractivity contribution in [2.75, 3.05) is 41.5 Å². The second kappa shape index (κ2) is 14.4. The number of hydrogen-bond acceptors (Lipinski definition) is 7. The van der Waals surface area contributed by atoms with Gasteiger partial charge in [0.15, 0.2) is 17.2 Å². The predicted molar refractivity (Wildman–Crippen MR) is 185 cm³/mol. The molecule has 3 aromatic rings. The molecule has 0 spiro atoms. The number of methoxy groups -OCH3 is 4. The molecule has 46 heavy (non-hydrogen) atoms. The van der Waals surface area contributed by atoms with Gasteiger partial charge in [0.05, 0.1) is 41.0 Å². The van der Waals surface area contributed by atoms with E-state index in [4.69, 9.17) is 35.5 Å². The fraction of sp³-hybridized carbons (Fsp3) is 0.351. The number of benzene rings is 3. The highest BCUT2D eigenvalue weighted by molar-refractivity contribution is 6.35. The van der Waals surface area contributed by atoms with Gasteiger partial charge in [0, 0.05) is 12.3 Å². The third-order valence-electron chi connectivity index (χ3n) is 8.84. The maximum atomic E-state index is 13.4. The summed E-state index contributed by atoms with van der Waals surface area (Å²) in [4.78, 5) is 20.8. The Morgan fingerprint density at radius 3 is 2.39 bits per heavy atom. The molecule has 0 saturated carbocycles. The molecule has 2 aliphatic heterocycles. The van der Waals surface area contributed by atoms with Gasteiger partial charge in [-0.25, -0.2) is 9.28 Å². The molecule has 2 aliphatic rings. The van der Waals surface area contributed by atoms with Crippen molar-refractivity contribution in [1.29, 1.82) is 0 Å². The third kappa shape index (κ3) is 6.64. The Kier molecular flexibility index (Phi) is 10.4. The Morgan fingerprint density at radius 2 is 1.70 bits per heavy atom. The van der Waals surface area contributed by atoms with Gasteiger partial charge in [0.1, 0.15) is 34.9 Å². The van der Waals surface area contributed by atoms with Crippen LogP contribution in [0.15, 0.2) is 84.0 Å². The smallest absolute Gasteiger partial charge is 0.306 e. The Hall–Kier alpha value is -4.27. The summed E-state index contributed by atoms with van der Waals surface area (Å²) < 4.78 is 22.5. The number of ether oxygens (including phenoxy) is 4. The van der Waals surface area contributed by atoms with Gasteiger partial charge in [-0.15, -0.1) is 0 Å². The second-order valence-corrected chi connectivity index (χ2v) is 12.4. The summed E-state index contributed by atoms with van der Waals surface area (Å²) in [6, 6.07) is 17.7. The lowest BCUT2D eigenvalue weighted by Gasteiger charge is -2.37. The van der Waals surface area contributed by atoms with Gasteiger partial charge in [0.2, 0.25) is 0 Å². The van der Waals surface area contributed by atoms with E-state index in [0.29, 0.717) is 47.6 Å². The summed E-state index contributed by atoms with van der Waals surface area (Å²) in [5, 5.41) is 0.366. The van der Waals surface area contributed by atoms with Crippen LogP contribution in [0.4, 0.5) is 5.69 Å². The normalized spacial score (nSPS) is 18.2. The molecule has 3 atom stereocenters. The van der Waals surface area contributed by atoms with Crippen molar-refractivity contribution in [1.82, 2.24) is 9.38 Å². The van der Waals surface area contributed by atoms with E-state index in [9.17, 15) is 4.79 Å². The lowest BCUT2D eigenvalue weighted by molar-refractivity contribution is -0.118. The molecule has 0 aliphatic carbocycles. The average molecular weight is 645 g/mol. The quantitative estimate of drug-likeness (QED) is 0.135. The topological polar surface area (TPSA) is 69.6 Å². The van der Waals surface area contributed by atoms with E-state index in [0.717, 1.165) is 46.9 Å². The highest BCUT2D eigenvalue weighted by atomic mass is 35.5. The van der Waals surface area contributed by atoms with Gasteiger partial charge in [0.25, 0.3) is 0 Å². The number of carbonyl (C=O) groups is 1. The number of halogens is 1. The molecule has 8 nitrogen and oxygen atoms in total. The van der Waals surface area contributed by atoms with Crippen molar-refractivity contribution >= 4 is 29.5 Å². The minimum atomic E-state index is -0.242. The van der Waals surface area contributed by atoms with Crippen LogP contribution >= 0.6 is 11.6 Å². The molecule has 3 aromatic carbocycles. The lowest BCUT2D eigenvalue weighted by atomic mass is 9.94. The van der Waals surface area contributed by atoms with E-state index in [1.54, 1.807) is 28.4 Å². The first-order valence-corrected chi connectivity index (χ1v) is 15.9. The summed E-state index contributed by atoms with van der Waals surface area (Å²) in [7, 11) is 6.49. The molecule has 242 valence electrons. The fourth-order valence-electron chi connectivity index (χ4n) is 6.33. The molecule has 1 amide bonds. The third-order valence-corrected chi connectivity index (χ3v) is 9.21. The first kappa shape index (κ1) is 33.1. The molecule has 0 fully saturated rings. The number of amidine groups is 1. The van der Waals surface area contributed by atoms with E-state index >= 15 is 0 Å². The van der Waals surface area contributed by atoms with Crippen LogP contribution < -0.4 is 23.4 Å². The predicted octanol–water partition coefficient (Wildman–Crippen LogP) is 7.33. The fourth-order valence-corrected chi connectivity index (χ4v) is 6.73. The maximum absolute atomic E-state index is 13.4. The van der Waals surface area contributed by atoms with Crippen molar-refractivity contribution in [2.24, 2.45) is 10.9 Å². The van der Waals surface area contributed by atoms with E-state index in [1.165, 1.54) is 0 Å². The Balaban J connectivity index is 1.57. The number of hydrogen-bond donors (Lipinski definition) is 0. The zero-order valence-corrected chi connectivity index (χ0v) is 28.2. The summed E-state index contributed by atoms with van der Waals surface area (Å²) >= 11 is 7.01. The van der Waals surface area contributed by atoms with Gasteiger partial charge >= 0.3 is 6.41 Å². The van der Waals surface area contributed by atoms with Gasteiger partial charge in [-0.3, -0.25) is 4.99 Å². The molecule has 3 unspecified atom stereocenters. The van der Waals surface area contributed by atoms with Crippen molar-refractivity contribution in [3.05, 3.63) is 89.6 Å². The highest BCUT2D eigenvalue weighted by Crippen LogP contribution is 2.45. The molecule has 0 radical (unpaired) electrons. The molecule has 0 aromatic heterocycles. The minimum absolute atomic E-state index is 0.00241. The summed E-state index contributed by atoms with van der Waals surface area (Å²) in [6.07, 6.45) is 10.6. The average Bonchev–Trinajstić information content (AvgIpc) is 3.42. The largest absolute Gasteiger partial charge is 0.497 e. The van der Waals surface area contributed by atoms with Crippen LogP contribution in [0.25, 0.3) is 11.1 Å². The molecule has 5 rings (SSSR count). The number of rotatable bonds is 14. The van der Waals surface area contributed by atoms with Crippen LogP contribution in [-0.2, 0) is 11.2 Å². The van der Waals surface area contributed by atoms with Crippen LogP contribution in [0.2, 0.25) is 5.02 Å². The molecular formula is C37H43ClN3O5+. The van der Waals surface area contributed by atoms with Crippen LogP contribution in [0.3, 0.4) is 0 Å². The Labute approximate surface area is 277 Å². The molecule has 0 N–H and O–H groups in total. The van der Waals surface area contributed by atoms with E-state index in [2.05, 4.69) is 43.1 Å². The van der Waals surface area contributed by atoms with Gasteiger partial charge < -0.3 is 23.8 Å². The number of carbonyl (C=O) groups excluding carboxylic acids is 1. The number of aliphatic imine (C=N–C) groups is 1. The van der Waals surface area contributed by atoms with Crippen LogP contribution in [0, 0.1) is 5.92 Å². The number of nitrogens with zero attached hydrogens (tertiary/aromatic N) is 3. The molecule has 2 heterocycles. The van der Waals surface area contributed by atoms with Crippen molar-refractivity contribution in [3.8, 4) is 34.1 Å². The lowest BCUT2D eigenvalue weighted by Crippen LogP contribution is -2.56. The SMILES string of the molecule is COc1cccc(-c2ccc(OC)c(CC3C(C[N+](C=O)(CCC(C)C)c4ccc(OC)c(OC)c4Cl)N=C4C=CC=CN43)c2)c1. The zero-order valence-electron chi connectivity index (χ0n) is 27.4. The number of fused-ring (bicyclic) bond motifs is 1. The molecule has 9 heteroatoms. The Morgan fingerprint density at radius 1 is 0.935 bits per heavy atom. The first-order chi connectivity index (χ1) is 22.3. The zero-order chi connectivity index (χ0) is 32.8. The van der Waals surface area contributed by atoms with E-state index < -0.39 is 0 Å². The maximum Gasteiger partial charge on any atom is 0.306 e. The molecular weight excluding hydrogens is 602 g/mol. The molecule has 0 saturated heterocycles. The van der Waals surface area contributed by atoms with Crippen molar-refractivity contribution < 1.29 is 23.7 Å². The Bertz CT molecular complexity index is 1650. The van der Waals surface area contributed by atoms with Gasteiger partial charge in [-0.05, 0) is 77.9 Å². The first-order valence-electron chi connectivity index (χ1n) is 15.5. The van der Waals surface area contributed by atoms with Crippen molar-refractivity contribution in [2.45, 2.75) is 38.8 Å². The monoisotopic (exact) mass is 644 g/mol. The number of quaternary nitrogens is 1. The number of allylic oxidation sites excluding steroid dienone is 2. The number of amides is 1. The summed E-state index contributed by atoms with van der Waals surface area (Å²) in [6.45, 7) is 5.29. The highest BCUT2D eigenvalue weighted by Gasteiger charge is 2.44. The summed E-state index contributed by atoms with van der Waals surface area (Å²) in [5.74, 6) is 3.77. The van der Waals surface area contributed by atoms with Crippen LogP contribution in [0.1, 0.15) is 25.8 Å². The second-order valence-electron chi connectivity index (χ2n) is 12.1. The van der Waals surface area contributed by atoms with Crippen molar-refractivity contribution in [3.63, 3.8) is 0 Å². The van der Waals surface area contributed by atoms with E-state index in [-0.39, 0.29) is 16.6 Å². The standard InChI is InChI=1S/C37H43ClN3O5/c1-25(2)17-19-41(24-42,32-14-16-34(45-5)37(46-6)36(32)38)23-30-31(40-18-8-7-12-35(40)39-30)22-28-20-27(13-15-33(28)44-4)26-10-9-11-29(21-26)43-3/h7-16,18,20-21,24-25,30-31H,17,19,22-23H2,1-6H3/q+1. The summed E-state index contributed by atoms with van der Waals surface area (Å²) in [5.41, 5.74) is 3.83.